The third kappa shape index (κ3) is 3.47. The van der Waals surface area contributed by atoms with Crippen LogP contribution in [0.15, 0.2) is 48.5 Å². The van der Waals surface area contributed by atoms with E-state index in [0.717, 1.165) is 11.1 Å². The number of rotatable bonds is 5. The minimum absolute atomic E-state index is 0.00128. The summed E-state index contributed by atoms with van der Waals surface area (Å²) in [7, 11) is 0. The van der Waals surface area contributed by atoms with Crippen LogP contribution in [-0.2, 0) is 0 Å². The van der Waals surface area contributed by atoms with E-state index >= 15 is 0 Å². The van der Waals surface area contributed by atoms with Crippen LogP contribution >= 0.6 is 0 Å². The van der Waals surface area contributed by atoms with Crippen molar-refractivity contribution >= 4 is 5.69 Å². The standard InChI is InChI=1S/C16H17F2NO/c1-11-7-3-4-8-13(11)12(2)19-14-9-5-6-10-15(14)20-16(17)18/h3-10,12,16,19H,1-2H3. The first-order valence-electron chi connectivity index (χ1n) is 6.44. The van der Waals surface area contributed by atoms with E-state index in [1.54, 1.807) is 18.2 Å². The fourth-order valence-electron chi connectivity index (χ4n) is 2.17. The number of anilines is 1. The summed E-state index contributed by atoms with van der Waals surface area (Å²) in [5, 5.41) is 3.21. The summed E-state index contributed by atoms with van der Waals surface area (Å²) >= 11 is 0. The van der Waals surface area contributed by atoms with E-state index < -0.39 is 6.61 Å². The third-order valence-electron chi connectivity index (χ3n) is 3.13. The fourth-order valence-corrected chi connectivity index (χ4v) is 2.17. The molecule has 0 aromatic heterocycles. The smallest absolute Gasteiger partial charge is 0.387 e. The molecule has 0 heterocycles. The summed E-state index contributed by atoms with van der Waals surface area (Å²) in [6, 6.07) is 14.7. The molecule has 0 aliphatic rings. The first-order valence-corrected chi connectivity index (χ1v) is 6.44. The predicted octanol–water partition coefficient (Wildman–Crippen LogP) is 4.77. The van der Waals surface area contributed by atoms with Crippen LogP contribution in [0.1, 0.15) is 24.1 Å². The number of aryl methyl sites for hydroxylation is 1. The molecule has 2 nitrogen and oxygen atoms in total. The van der Waals surface area contributed by atoms with Gasteiger partial charge in [0.25, 0.3) is 0 Å². The number of hydrogen-bond donors (Lipinski definition) is 1. The molecule has 4 heteroatoms. The zero-order chi connectivity index (χ0) is 14.5. The van der Waals surface area contributed by atoms with Gasteiger partial charge >= 0.3 is 6.61 Å². The summed E-state index contributed by atoms with van der Waals surface area (Å²) in [6.07, 6.45) is 0. The van der Waals surface area contributed by atoms with Crippen molar-refractivity contribution in [1.82, 2.24) is 0 Å². The number of para-hydroxylation sites is 2. The maximum absolute atomic E-state index is 12.4. The summed E-state index contributed by atoms with van der Waals surface area (Å²) < 4.78 is 29.3. The quantitative estimate of drug-likeness (QED) is 0.850. The highest BCUT2D eigenvalue weighted by Gasteiger charge is 2.13. The van der Waals surface area contributed by atoms with Gasteiger partial charge < -0.3 is 10.1 Å². The van der Waals surface area contributed by atoms with Gasteiger partial charge in [0, 0.05) is 6.04 Å². The zero-order valence-electron chi connectivity index (χ0n) is 11.4. The van der Waals surface area contributed by atoms with Gasteiger partial charge in [0.2, 0.25) is 0 Å². The molecule has 0 radical (unpaired) electrons. The maximum Gasteiger partial charge on any atom is 0.387 e. The Labute approximate surface area is 117 Å². The van der Waals surface area contributed by atoms with Gasteiger partial charge in [-0.2, -0.15) is 8.78 Å². The molecule has 2 rings (SSSR count). The molecule has 2 aromatic carbocycles. The van der Waals surface area contributed by atoms with Crippen LogP contribution in [0.5, 0.6) is 5.75 Å². The minimum atomic E-state index is -2.83. The molecule has 1 N–H and O–H groups in total. The van der Waals surface area contributed by atoms with Crippen LogP contribution in [-0.4, -0.2) is 6.61 Å². The van der Waals surface area contributed by atoms with E-state index in [9.17, 15) is 8.78 Å². The van der Waals surface area contributed by atoms with Gasteiger partial charge in [-0.05, 0) is 37.1 Å². The molecule has 0 amide bonds. The average Bonchev–Trinajstić information content (AvgIpc) is 2.41. The van der Waals surface area contributed by atoms with E-state index in [1.807, 2.05) is 38.1 Å². The Hall–Kier alpha value is -2.10. The summed E-state index contributed by atoms with van der Waals surface area (Å²) in [4.78, 5) is 0. The van der Waals surface area contributed by atoms with Gasteiger partial charge in [0.15, 0.2) is 0 Å². The van der Waals surface area contributed by atoms with Crippen molar-refractivity contribution in [2.45, 2.75) is 26.5 Å². The zero-order valence-corrected chi connectivity index (χ0v) is 11.4. The van der Waals surface area contributed by atoms with Gasteiger partial charge in [0.1, 0.15) is 5.75 Å². The van der Waals surface area contributed by atoms with Crippen molar-refractivity contribution < 1.29 is 13.5 Å². The van der Waals surface area contributed by atoms with Crippen LogP contribution < -0.4 is 10.1 Å². The van der Waals surface area contributed by atoms with Crippen molar-refractivity contribution in [3.05, 3.63) is 59.7 Å². The SMILES string of the molecule is Cc1ccccc1C(C)Nc1ccccc1OC(F)F. The number of nitrogens with one attached hydrogen (secondary N) is 1. The van der Waals surface area contributed by atoms with Gasteiger partial charge in [0.05, 0.1) is 5.69 Å². The van der Waals surface area contributed by atoms with Crippen molar-refractivity contribution in [3.8, 4) is 5.75 Å². The van der Waals surface area contributed by atoms with E-state index in [2.05, 4.69) is 10.1 Å². The number of benzene rings is 2. The van der Waals surface area contributed by atoms with Crippen LogP contribution in [0.4, 0.5) is 14.5 Å². The average molecular weight is 277 g/mol. The Bertz CT molecular complexity index is 572. The minimum Gasteiger partial charge on any atom is -0.433 e. The fraction of sp³-hybridized carbons (Fsp3) is 0.250. The second kappa shape index (κ2) is 6.37. The molecular weight excluding hydrogens is 260 g/mol. The topological polar surface area (TPSA) is 21.3 Å². The molecule has 0 saturated carbocycles. The van der Waals surface area contributed by atoms with Crippen LogP contribution in [0.2, 0.25) is 0 Å². The van der Waals surface area contributed by atoms with Crippen LogP contribution in [0.3, 0.4) is 0 Å². The van der Waals surface area contributed by atoms with E-state index in [0.29, 0.717) is 5.69 Å². The van der Waals surface area contributed by atoms with Crippen molar-refractivity contribution in [3.63, 3.8) is 0 Å². The lowest BCUT2D eigenvalue weighted by Crippen LogP contribution is -2.10. The maximum atomic E-state index is 12.4. The van der Waals surface area contributed by atoms with E-state index in [4.69, 9.17) is 0 Å². The molecular formula is C16H17F2NO. The third-order valence-corrected chi connectivity index (χ3v) is 3.13. The lowest BCUT2D eigenvalue weighted by molar-refractivity contribution is -0.0493. The lowest BCUT2D eigenvalue weighted by Gasteiger charge is -2.20. The van der Waals surface area contributed by atoms with Crippen molar-refractivity contribution in [2.24, 2.45) is 0 Å². The van der Waals surface area contributed by atoms with Gasteiger partial charge in [-0.3, -0.25) is 0 Å². The van der Waals surface area contributed by atoms with Crippen molar-refractivity contribution in [1.29, 1.82) is 0 Å². The second-order valence-corrected chi connectivity index (χ2v) is 4.60. The normalized spacial score (nSPS) is 12.2. The number of alkyl halides is 2. The molecule has 1 unspecified atom stereocenters. The van der Waals surface area contributed by atoms with Crippen molar-refractivity contribution in [2.75, 3.05) is 5.32 Å². The molecule has 0 bridgehead atoms. The first-order chi connectivity index (χ1) is 9.58. The molecule has 0 spiro atoms. The molecule has 0 aliphatic heterocycles. The van der Waals surface area contributed by atoms with Crippen LogP contribution in [0, 0.1) is 6.92 Å². The summed E-state index contributed by atoms with van der Waals surface area (Å²) in [5.74, 6) is 0.155. The predicted molar refractivity (Wildman–Crippen MR) is 76.3 cm³/mol. The van der Waals surface area contributed by atoms with E-state index in [-0.39, 0.29) is 11.8 Å². The lowest BCUT2D eigenvalue weighted by atomic mass is 10.0. The summed E-state index contributed by atoms with van der Waals surface area (Å²) in [5.41, 5.74) is 2.84. The largest absolute Gasteiger partial charge is 0.433 e. The second-order valence-electron chi connectivity index (χ2n) is 4.60. The number of halogens is 2. The Balaban J connectivity index is 2.20. The van der Waals surface area contributed by atoms with Crippen LogP contribution in [0.25, 0.3) is 0 Å². The monoisotopic (exact) mass is 277 g/mol. The highest BCUT2D eigenvalue weighted by atomic mass is 19.3. The molecule has 2 aromatic rings. The molecule has 0 fully saturated rings. The highest BCUT2D eigenvalue weighted by Crippen LogP contribution is 2.30. The number of hydrogen-bond acceptors (Lipinski definition) is 2. The Morgan fingerprint density at radius 2 is 1.65 bits per heavy atom. The summed E-state index contributed by atoms with van der Waals surface area (Å²) in [6.45, 7) is 1.18. The molecule has 0 saturated heterocycles. The molecule has 1 atom stereocenters. The van der Waals surface area contributed by atoms with Gasteiger partial charge in [-0.25, -0.2) is 0 Å². The Morgan fingerprint density at radius 3 is 2.35 bits per heavy atom. The molecule has 0 aliphatic carbocycles. The first kappa shape index (κ1) is 14.3. The van der Waals surface area contributed by atoms with Gasteiger partial charge in [-0.15, -0.1) is 0 Å². The van der Waals surface area contributed by atoms with Gasteiger partial charge in [-0.1, -0.05) is 36.4 Å². The number of ether oxygens (including phenoxy) is 1. The molecule has 20 heavy (non-hydrogen) atoms. The highest BCUT2D eigenvalue weighted by molar-refractivity contribution is 5.57. The van der Waals surface area contributed by atoms with E-state index in [1.165, 1.54) is 6.07 Å². The molecule has 106 valence electrons. The Kier molecular flexibility index (Phi) is 4.56. The Morgan fingerprint density at radius 1 is 1.00 bits per heavy atom.